The van der Waals surface area contributed by atoms with Gasteiger partial charge in [0.05, 0.1) is 12.1 Å². The van der Waals surface area contributed by atoms with Crippen LogP contribution in [0.3, 0.4) is 0 Å². The first kappa shape index (κ1) is 14.3. The minimum Gasteiger partial charge on any atom is -0.391 e. The molecule has 0 spiro atoms. The van der Waals surface area contributed by atoms with E-state index in [0.29, 0.717) is 5.75 Å². The van der Waals surface area contributed by atoms with Gasteiger partial charge in [0.1, 0.15) is 11.6 Å². The number of β-amino-alcohol motifs (C(OH)–C–C–N with tert-alkyl or cyclic N) is 1. The van der Waals surface area contributed by atoms with Crippen molar-refractivity contribution < 1.29 is 18.7 Å². The van der Waals surface area contributed by atoms with Crippen LogP contribution in [0.5, 0.6) is 0 Å². The van der Waals surface area contributed by atoms with Gasteiger partial charge in [-0.25, -0.2) is 8.78 Å². The number of hydrogen-bond donors (Lipinski definition) is 2. The van der Waals surface area contributed by atoms with Gasteiger partial charge in [0.2, 0.25) is 5.91 Å². The zero-order valence-corrected chi connectivity index (χ0v) is 11.1. The van der Waals surface area contributed by atoms with Crippen molar-refractivity contribution in [3.05, 3.63) is 35.4 Å². The first-order valence-electron chi connectivity index (χ1n) is 6.06. The van der Waals surface area contributed by atoms with Gasteiger partial charge < -0.3 is 10.0 Å². The zero-order valence-electron chi connectivity index (χ0n) is 10.2. The molecule has 104 valence electrons. The molecule has 2 atom stereocenters. The number of carbonyl (C=O) groups is 1. The maximum absolute atomic E-state index is 13.8. The summed E-state index contributed by atoms with van der Waals surface area (Å²) in [6.07, 6.45) is -0.279. The summed E-state index contributed by atoms with van der Waals surface area (Å²) in [5.41, 5.74) is 0.115. The first-order valence-corrected chi connectivity index (χ1v) is 6.69. The SMILES string of the molecule is O=C(CCS)N1CC(O)CC1c1cc(F)ccc1F. The first-order chi connectivity index (χ1) is 9.02. The Kier molecular flexibility index (Phi) is 4.42. The lowest BCUT2D eigenvalue weighted by Crippen LogP contribution is -2.32. The van der Waals surface area contributed by atoms with E-state index in [1.165, 1.54) is 4.90 Å². The van der Waals surface area contributed by atoms with Gasteiger partial charge >= 0.3 is 0 Å². The Hall–Kier alpha value is -1.14. The summed E-state index contributed by atoms with van der Waals surface area (Å²) < 4.78 is 27.0. The Morgan fingerprint density at radius 3 is 2.89 bits per heavy atom. The topological polar surface area (TPSA) is 40.5 Å². The number of hydrogen-bond acceptors (Lipinski definition) is 3. The van der Waals surface area contributed by atoms with Crippen molar-refractivity contribution in [3.8, 4) is 0 Å². The van der Waals surface area contributed by atoms with Crippen LogP contribution in [0, 0.1) is 11.6 Å². The maximum atomic E-state index is 13.8. The van der Waals surface area contributed by atoms with Gasteiger partial charge in [-0.05, 0) is 30.4 Å². The fourth-order valence-corrected chi connectivity index (χ4v) is 2.58. The highest BCUT2D eigenvalue weighted by Gasteiger charge is 2.36. The molecule has 1 aromatic carbocycles. The molecular formula is C13H15F2NO2S. The normalized spacial score (nSPS) is 22.8. The molecule has 1 N–H and O–H groups in total. The predicted octanol–water partition coefficient (Wildman–Crippen LogP) is 1.92. The molecule has 1 aliphatic rings. The quantitative estimate of drug-likeness (QED) is 0.834. The van der Waals surface area contributed by atoms with E-state index in [-0.39, 0.29) is 30.9 Å². The van der Waals surface area contributed by atoms with Crippen LogP contribution in [-0.4, -0.2) is 34.3 Å². The number of carbonyl (C=O) groups excluding carboxylic acids is 1. The van der Waals surface area contributed by atoms with Crippen molar-refractivity contribution in [1.29, 1.82) is 0 Å². The molecule has 0 aromatic heterocycles. The van der Waals surface area contributed by atoms with Crippen molar-refractivity contribution in [2.75, 3.05) is 12.3 Å². The summed E-state index contributed by atoms with van der Waals surface area (Å²) in [5.74, 6) is -0.951. The number of thiol groups is 1. The Labute approximate surface area is 115 Å². The fraction of sp³-hybridized carbons (Fsp3) is 0.462. The van der Waals surface area contributed by atoms with Gasteiger partial charge in [0.25, 0.3) is 0 Å². The largest absolute Gasteiger partial charge is 0.391 e. The Balaban J connectivity index is 2.30. The number of rotatable bonds is 3. The van der Waals surface area contributed by atoms with Crippen LogP contribution < -0.4 is 0 Å². The van der Waals surface area contributed by atoms with Crippen molar-refractivity contribution in [2.45, 2.75) is 25.0 Å². The van der Waals surface area contributed by atoms with Gasteiger partial charge in [-0.1, -0.05) is 0 Å². The Morgan fingerprint density at radius 1 is 1.47 bits per heavy atom. The second kappa shape index (κ2) is 5.88. The second-order valence-corrected chi connectivity index (χ2v) is 5.04. The van der Waals surface area contributed by atoms with Crippen molar-refractivity contribution >= 4 is 18.5 Å². The van der Waals surface area contributed by atoms with E-state index in [4.69, 9.17) is 0 Å². The molecule has 0 saturated carbocycles. The molecule has 1 saturated heterocycles. The third-order valence-electron chi connectivity index (χ3n) is 3.24. The third-order valence-corrected chi connectivity index (χ3v) is 3.47. The standard InChI is InChI=1S/C13H15F2NO2S/c14-8-1-2-11(15)10(5-8)12-6-9(17)7-16(12)13(18)3-4-19/h1-2,5,9,12,17,19H,3-4,6-7H2. The summed E-state index contributed by atoms with van der Waals surface area (Å²) in [4.78, 5) is 13.3. The number of likely N-dealkylation sites (tertiary alicyclic amines) is 1. The number of aliphatic hydroxyl groups excluding tert-OH is 1. The predicted molar refractivity (Wildman–Crippen MR) is 69.9 cm³/mol. The minimum atomic E-state index is -0.712. The average molecular weight is 287 g/mol. The average Bonchev–Trinajstić information content (AvgIpc) is 2.75. The van der Waals surface area contributed by atoms with E-state index in [1.807, 2.05) is 0 Å². The highest BCUT2D eigenvalue weighted by Crippen LogP contribution is 2.34. The lowest BCUT2D eigenvalue weighted by molar-refractivity contribution is -0.132. The van der Waals surface area contributed by atoms with Gasteiger partial charge in [0, 0.05) is 18.5 Å². The lowest BCUT2D eigenvalue weighted by atomic mass is 10.0. The summed E-state index contributed by atoms with van der Waals surface area (Å²) >= 11 is 3.98. The smallest absolute Gasteiger partial charge is 0.223 e. The van der Waals surface area contributed by atoms with Crippen LogP contribution in [0.15, 0.2) is 18.2 Å². The fourth-order valence-electron chi connectivity index (χ4n) is 2.39. The van der Waals surface area contributed by atoms with Crippen LogP contribution in [0.1, 0.15) is 24.4 Å². The molecule has 2 unspecified atom stereocenters. The molecule has 1 aliphatic heterocycles. The van der Waals surface area contributed by atoms with E-state index in [1.54, 1.807) is 0 Å². The van der Waals surface area contributed by atoms with Crippen LogP contribution in [0.25, 0.3) is 0 Å². The van der Waals surface area contributed by atoms with E-state index in [9.17, 15) is 18.7 Å². The van der Waals surface area contributed by atoms with Gasteiger partial charge in [-0.3, -0.25) is 4.79 Å². The zero-order chi connectivity index (χ0) is 14.0. The van der Waals surface area contributed by atoms with Crippen molar-refractivity contribution in [2.24, 2.45) is 0 Å². The minimum absolute atomic E-state index is 0.115. The summed E-state index contributed by atoms with van der Waals surface area (Å²) in [7, 11) is 0. The maximum Gasteiger partial charge on any atom is 0.223 e. The molecule has 3 nitrogen and oxygen atoms in total. The number of halogens is 2. The molecule has 2 rings (SSSR count). The van der Waals surface area contributed by atoms with Gasteiger partial charge in [0.15, 0.2) is 0 Å². The van der Waals surface area contributed by atoms with E-state index in [0.717, 1.165) is 18.2 Å². The van der Waals surface area contributed by atoms with Crippen LogP contribution in [0.2, 0.25) is 0 Å². The van der Waals surface area contributed by atoms with Crippen LogP contribution in [0.4, 0.5) is 8.78 Å². The summed E-state index contributed by atoms with van der Waals surface area (Å²) in [6, 6.07) is 2.54. The van der Waals surface area contributed by atoms with Crippen LogP contribution in [-0.2, 0) is 4.79 Å². The molecule has 1 aromatic rings. The molecule has 1 heterocycles. The molecule has 1 fully saturated rings. The molecular weight excluding hydrogens is 272 g/mol. The molecule has 0 radical (unpaired) electrons. The molecule has 1 amide bonds. The number of nitrogens with zero attached hydrogens (tertiary/aromatic N) is 1. The van der Waals surface area contributed by atoms with Gasteiger partial charge in [-0.2, -0.15) is 12.6 Å². The Morgan fingerprint density at radius 2 is 2.21 bits per heavy atom. The van der Waals surface area contributed by atoms with Crippen LogP contribution >= 0.6 is 12.6 Å². The number of benzene rings is 1. The second-order valence-electron chi connectivity index (χ2n) is 4.59. The number of amides is 1. The molecule has 0 aliphatic carbocycles. The molecule has 19 heavy (non-hydrogen) atoms. The lowest BCUT2D eigenvalue weighted by Gasteiger charge is -2.25. The summed E-state index contributed by atoms with van der Waals surface area (Å²) in [6.45, 7) is 0.146. The van der Waals surface area contributed by atoms with E-state index < -0.39 is 23.8 Å². The summed E-state index contributed by atoms with van der Waals surface area (Å²) in [5, 5.41) is 9.68. The van der Waals surface area contributed by atoms with E-state index >= 15 is 0 Å². The van der Waals surface area contributed by atoms with Crippen molar-refractivity contribution in [3.63, 3.8) is 0 Å². The van der Waals surface area contributed by atoms with Gasteiger partial charge in [-0.15, -0.1) is 0 Å². The highest BCUT2D eigenvalue weighted by atomic mass is 32.1. The third kappa shape index (κ3) is 3.06. The molecule has 6 heteroatoms. The van der Waals surface area contributed by atoms with Crippen molar-refractivity contribution in [1.82, 2.24) is 4.90 Å². The molecule has 0 bridgehead atoms. The highest BCUT2D eigenvalue weighted by molar-refractivity contribution is 7.80. The van der Waals surface area contributed by atoms with E-state index in [2.05, 4.69) is 12.6 Å². The Bertz CT molecular complexity index is 484. The monoisotopic (exact) mass is 287 g/mol. The number of aliphatic hydroxyl groups is 1.